The van der Waals surface area contributed by atoms with Crippen LogP contribution in [0.25, 0.3) is 0 Å². The minimum Gasteiger partial charge on any atom is -0.457 e. The summed E-state index contributed by atoms with van der Waals surface area (Å²) in [6.07, 6.45) is 64.3. The number of ether oxygens (including phenoxy) is 2. The number of phosphoric ester groups is 1. The minimum atomic E-state index is -4.28. The first kappa shape index (κ1) is 68.2. The zero-order valence-electron chi connectivity index (χ0n) is 47.1. The first-order valence-corrected chi connectivity index (χ1v) is 31.9. The Bertz CT molecular complexity index is 1110. The molecule has 0 spiro atoms. The number of nitrogens with zero attached hydrogens (tertiary/aromatic N) is 1. The fourth-order valence-corrected chi connectivity index (χ4v) is 9.88. The van der Waals surface area contributed by atoms with Crippen LogP contribution >= 0.6 is 7.82 Å². The van der Waals surface area contributed by atoms with E-state index in [1.165, 1.54) is 257 Å². The van der Waals surface area contributed by atoms with Crippen LogP contribution in [0, 0.1) is 0 Å². The number of rotatable bonds is 58. The molecule has 2 atom stereocenters. The van der Waals surface area contributed by atoms with E-state index >= 15 is 0 Å². The number of allylic oxidation sites excluding steroid dienone is 2. The largest absolute Gasteiger partial charge is 0.472 e. The molecule has 69 heavy (non-hydrogen) atoms. The van der Waals surface area contributed by atoms with Gasteiger partial charge in [-0.25, -0.2) is 4.57 Å². The fourth-order valence-electron chi connectivity index (χ4n) is 9.14. The Hall–Kier alpha value is -0.760. The zero-order valence-corrected chi connectivity index (χ0v) is 48.0. The molecule has 412 valence electrons. The van der Waals surface area contributed by atoms with Gasteiger partial charge in [0, 0.05) is 13.0 Å². The van der Waals surface area contributed by atoms with Gasteiger partial charge >= 0.3 is 13.8 Å². The summed E-state index contributed by atoms with van der Waals surface area (Å²) in [5, 5.41) is 0. The molecule has 0 aromatic heterocycles. The molecular formula is C60H121NO7P+. The first-order valence-electron chi connectivity index (χ1n) is 30.4. The van der Waals surface area contributed by atoms with Gasteiger partial charge in [-0.05, 0) is 38.5 Å². The van der Waals surface area contributed by atoms with Gasteiger partial charge in [0.25, 0.3) is 0 Å². The zero-order chi connectivity index (χ0) is 50.5. The summed E-state index contributed by atoms with van der Waals surface area (Å²) < 4.78 is 35.3. The number of likely N-dealkylation sites (N-methyl/N-ethyl adjacent to an activating group) is 1. The minimum absolute atomic E-state index is 0.0922. The van der Waals surface area contributed by atoms with Gasteiger partial charge in [-0.2, -0.15) is 0 Å². The number of quaternary nitrogens is 1. The molecular weight excluding hydrogens is 878 g/mol. The van der Waals surface area contributed by atoms with Crippen LogP contribution in [0.5, 0.6) is 0 Å². The number of hydrogen-bond donors (Lipinski definition) is 1. The van der Waals surface area contributed by atoms with Crippen molar-refractivity contribution in [1.82, 2.24) is 0 Å². The number of carbonyl (C=O) groups excluding carboxylic acids is 1. The maximum Gasteiger partial charge on any atom is 0.472 e. The van der Waals surface area contributed by atoms with Gasteiger partial charge in [0.1, 0.15) is 19.3 Å². The molecule has 0 saturated carbocycles. The lowest BCUT2D eigenvalue weighted by Gasteiger charge is -2.24. The molecule has 0 saturated heterocycles. The summed E-state index contributed by atoms with van der Waals surface area (Å²) in [6.45, 7) is 5.70. The van der Waals surface area contributed by atoms with Crippen LogP contribution in [0.4, 0.5) is 0 Å². The fraction of sp³-hybridized carbons (Fsp3) is 0.950. The second kappa shape index (κ2) is 53.5. The summed E-state index contributed by atoms with van der Waals surface area (Å²) in [5.41, 5.74) is 0. The quantitative estimate of drug-likeness (QED) is 0.0213. The highest BCUT2D eigenvalue weighted by atomic mass is 31.2. The van der Waals surface area contributed by atoms with Crippen molar-refractivity contribution < 1.29 is 37.3 Å². The van der Waals surface area contributed by atoms with Crippen LogP contribution in [0.2, 0.25) is 0 Å². The Kier molecular flexibility index (Phi) is 52.9. The number of carbonyl (C=O) groups is 1. The number of hydrogen-bond acceptors (Lipinski definition) is 6. The molecule has 0 aliphatic heterocycles. The van der Waals surface area contributed by atoms with Gasteiger partial charge in [-0.3, -0.25) is 13.8 Å². The van der Waals surface area contributed by atoms with Crippen LogP contribution in [0.3, 0.4) is 0 Å². The van der Waals surface area contributed by atoms with Gasteiger partial charge < -0.3 is 18.9 Å². The van der Waals surface area contributed by atoms with E-state index in [-0.39, 0.29) is 25.8 Å². The lowest BCUT2D eigenvalue weighted by Crippen LogP contribution is -2.37. The average Bonchev–Trinajstić information content (AvgIpc) is 3.31. The highest BCUT2D eigenvalue weighted by Crippen LogP contribution is 2.43. The molecule has 0 fully saturated rings. The number of unbranched alkanes of at least 4 members (excludes halogenated alkanes) is 42. The van der Waals surface area contributed by atoms with Crippen molar-refractivity contribution in [3.8, 4) is 0 Å². The van der Waals surface area contributed by atoms with E-state index in [1.54, 1.807) is 0 Å². The second-order valence-corrected chi connectivity index (χ2v) is 23.5. The molecule has 2 unspecified atom stereocenters. The lowest BCUT2D eigenvalue weighted by atomic mass is 10.0. The maximum atomic E-state index is 12.8. The Morgan fingerprint density at radius 3 is 1.10 bits per heavy atom. The summed E-state index contributed by atoms with van der Waals surface area (Å²) in [6, 6.07) is 0. The van der Waals surface area contributed by atoms with Crippen molar-refractivity contribution in [1.29, 1.82) is 0 Å². The Morgan fingerprint density at radius 1 is 0.435 bits per heavy atom. The van der Waals surface area contributed by atoms with Gasteiger partial charge in [-0.15, -0.1) is 0 Å². The predicted molar refractivity (Wildman–Crippen MR) is 298 cm³/mol. The van der Waals surface area contributed by atoms with Crippen molar-refractivity contribution in [3.05, 3.63) is 12.2 Å². The molecule has 0 aromatic carbocycles. The smallest absolute Gasteiger partial charge is 0.457 e. The summed E-state index contributed by atoms with van der Waals surface area (Å²) in [5.74, 6) is -0.307. The lowest BCUT2D eigenvalue weighted by molar-refractivity contribution is -0.870. The maximum absolute atomic E-state index is 12.8. The highest BCUT2D eigenvalue weighted by Gasteiger charge is 2.26. The SMILES string of the molecule is CCCCCCCCCC/C=C\CCCCCCCCCCCC(=O)OC(COCCCCCCCCCCCCCCCCCCCCCCCCCCCC)COP(=O)(O)OCC[N+](C)(C)C. The number of phosphoric acid groups is 1. The summed E-state index contributed by atoms with van der Waals surface area (Å²) in [7, 11) is 1.69. The van der Waals surface area contributed by atoms with Gasteiger partial charge in [0.05, 0.1) is 34.4 Å². The molecule has 1 N–H and O–H groups in total. The standard InChI is InChI=1S/C60H120NO7P/c1-6-8-10-12-14-16-18-20-22-24-26-28-29-30-31-32-34-36-38-40-42-44-46-48-50-52-55-65-57-59(58-67-69(63,64)66-56-54-61(3,4)5)68-60(62)53-51-49-47-45-43-41-39-37-35-33-27-25-23-21-19-17-15-13-11-9-7-2/h25,27,59H,6-24,26,28-58H2,1-5H3/p+1/b27-25-. The predicted octanol–water partition coefficient (Wildman–Crippen LogP) is 19.3. The van der Waals surface area contributed by atoms with E-state index in [2.05, 4.69) is 26.0 Å². The van der Waals surface area contributed by atoms with Crippen molar-refractivity contribution in [3.63, 3.8) is 0 Å². The molecule has 0 aromatic rings. The molecule has 0 aliphatic rings. The molecule has 9 heteroatoms. The van der Waals surface area contributed by atoms with Gasteiger partial charge in [-0.1, -0.05) is 276 Å². The first-order chi connectivity index (χ1) is 33.6. The van der Waals surface area contributed by atoms with E-state index in [1.807, 2.05) is 21.1 Å². The highest BCUT2D eigenvalue weighted by molar-refractivity contribution is 7.47. The topological polar surface area (TPSA) is 91.3 Å². The molecule has 0 radical (unpaired) electrons. The molecule has 8 nitrogen and oxygen atoms in total. The summed E-state index contributed by atoms with van der Waals surface area (Å²) in [4.78, 5) is 23.1. The summed E-state index contributed by atoms with van der Waals surface area (Å²) >= 11 is 0. The van der Waals surface area contributed by atoms with Crippen molar-refractivity contribution in [2.75, 3.05) is 54.1 Å². The third-order valence-electron chi connectivity index (χ3n) is 13.8. The molecule has 0 amide bonds. The van der Waals surface area contributed by atoms with E-state index < -0.39 is 13.9 Å². The Morgan fingerprint density at radius 2 is 0.754 bits per heavy atom. The second-order valence-electron chi connectivity index (χ2n) is 22.1. The van der Waals surface area contributed by atoms with Gasteiger partial charge in [0.2, 0.25) is 0 Å². The monoisotopic (exact) mass is 999 g/mol. The van der Waals surface area contributed by atoms with E-state index in [9.17, 15) is 14.3 Å². The van der Waals surface area contributed by atoms with Crippen LogP contribution in [0.15, 0.2) is 12.2 Å². The van der Waals surface area contributed by atoms with Crippen LogP contribution in [0.1, 0.15) is 309 Å². The van der Waals surface area contributed by atoms with Crippen LogP contribution in [-0.4, -0.2) is 75.6 Å². The van der Waals surface area contributed by atoms with E-state index in [0.717, 1.165) is 32.1 Å². The van der Waals surface area contributed by atoms with Crippen molar-refractivity contribution in [2.24, 2.45) is 0 Å². The molecule has 0 rings (SSSR count). The Labute approximate surface area is 431 Å². The van der Waals surface area contributed by atoms with Crippen molar-refractivity contribution in [2.45, 2.75) is 315 Å². The van der Waals surface area contributed by atoms with Crippen LogP contribution in [-0.2, 0) is 27.9 Å². The molecule has 0 heterocycles. The molecule has 0 bridgehead atoms. The van der Waals surface area contributed by atoms with Crippen LogP contribution < -0.4 is 0 Å². The van der Waals surface area contributed by atoms with Gasteiger partial charge in [0.15, 0.2) is 0 Å². The normalized spacial score (nSPS) is 13.4. The number of esters is 1. The average molecular weight is 1000 g/mol. The Balaban J connectivity index is 3.99. The third-order valence-corrected chi connectivity index (χ3v) is 14.8. The third kappa shape index (κ3) is 58.0. The van der Waals surface area contributed by atoms with Crippen molar-refractivity contribution >= 4 is 13.8 Å². The molecule has 0 aliphatic carbocycles. The van der Waals surface area contributed by atoms with E-state index in [0.29, 0.717) is 24.1 Å². The van der Waals surface area contributed by atoms with E-state index in [4.69, 9.17) is 18.5 Å².